The highest BCUT2D eigenvalue weighted by molar-refractivity contribution is 6.76. The first-order valence-corrected chi connectivity index (χ1v) is 15.6. The summed E-state index contributed by atoms with van der Waals surface area (Å²) in [4.78, 5) is 41.1. The minimum atomic E-state index is -1.23. The lowest BCUT2D eigenvalue weighted by atomic mass is 9.73. The third-order valence-electron chi connectivity index (χ3n) is 6.61. The van der Waals surface area contributed by atoms with E-state index in [2.05, 4.69) is 37.2 Å². The predicted octanol–water partition coefficient (Wildman–Crippen LogP) is 4.00. The van der Waals surface area contributed by atoms with E-state index in [0.29, 0.717) is 13.2 Å². The Labute approximate surface area is 194 Å². The quantitative estimate of drug-likeness (QED) is 0.304. The van der Waals surface area contributed by atoms with Gasteiger partial charge in [-0.3, -0.25) is 4.79 Å². The van der Waals surface area contributed by atoms with Gasteiger partial charge in [-0.15, -0.1) is 0 Å². The molecule has 0 radical (unpaired) electrons. The molecule has 32 heavy (non-hydrogen) atoms. The van der Waals surface area contributed by atoms with Gasteiger partial charge in [-0.1, -0.05) is 26.6 Å². The van der Waals surface area contributed by atoms with Crippen LogP contribution in [0.3, 0.4) is 0 Å². The first-order valence-electron chi connectivity index (χ1n) is 11.9. The first-order chi connectivity index (χ1) is 14.6. The van der Waals surface area contributed by atoms with E-state index < -0.39 is 13.6 Å². The van der Waals surface area contributed by atoms with Crippen molar-refractivity contribution in [2.45, 2.75) is 104 Å². The van der Waals surface area contributed by atoms with E-state index in [-0.39, 0.29) is 42.2 Å². The summed E-state index contributed by atoms with van der Waals surface area (Å²) < 4.78 is 5.72. The summed E-state index contributed by atoms with van der Waals surface area (Å²) in [6.07, 6.45) is 3.50. The van der Waals surface area contributed by atoms with Crippen molar-refractivity contribution in [1.29, 1.82) is 0 Å². The average Bonchev–Trinajstić information content (AvgIpc) is 2.80. The molecule has 0 aromatic heterocycles. The van der Waals surface area contributed by atoms with Crippen LogP contribution in [0.15, 0.2) is 0 Å². The van der Waals surface area contributed by atoms with Gasteiger partial charge in [0.1, 0.15) is 12.3 Å². The summed E-state index contributed by atoms with van der Waals surface area (Å²) >= 11 is 0. The molecular formula is C23H44N4O4Si. The lowest BCUT2D eigenvalue weighted by molar-refractivity contribution is -0.135. The number of imide groups is 1. The topological polar surface area (TPSA) is 91.0 Å². The molecule has 184 valence electrons. The number of ether oxygens (including phenoxy) is 1. The highest BCUT2D eigenvalue weighted by Crippen LogP contribution is 2.40. The first kappa shape index (κ1) is 26.6. The van der Waals surface area contributed by atoms with Crippen molar-refractivity contribution in [2.75, 3.05) is 19.9 Å². The molecule has 1 saturated heterocycles. The Hall–Kier alpha value is -1.61. The molecule has 2 fully saturated rings. The van der Waals surface area contributed by atoms with E-state index in [4.69, 9.17) is 4.74 Å². The van der Waals surface area contributed by atoms with Crippen LogP contribution < -0.4 is 10.6 Å². The van der Waals surface area contributed by atoms with Gasteiger partial charge in [0.05, 0.1) is 0 Å². The molecule has 0 aromatic carbocycles. The molecule has 1 heterocycles. The molecule has 1 aliphatic carbocycles. The lowest BCUT2D eigenvalue weighted by Crippen LogP contribution is -2.51. The van der Waals surface area contributed by atoms with Crippen LogP contribution in [0.1, 0.15) is 60.3 Å². The zero-order valence-corrected chi connectivity index (χ0v) is 22.3. The van der Waals surface area contributed by atoms with Crippen LogP contribution in [0, 0.1) is 5.41 Å². The van der Waals surface area contributed by atoms with Crippen molar-refractivity contribution in [2.24, 2.45) is 5.41 Å². The predicted molar refractivity (Wildman–Crippen MR) is 129 cm³/mol. The largest absolute Gasteiger partial charge is 0.361 e. The maximum Gasteiger partial charge on any atom is 0.329 e. The standard InChI is InChI=1S/C23H44N4O4Si/c1-17(2)24-20(29)25-18-9-11-23(5,12-10-18)15-27-21(30)26(19(28)22(27,3)4)16-31-13-14-32(6,7)8/h17-18H,9-16H2,1-8H3,(H2,24,25,29). The van der Waals surface area contributed by atoms with Gasteiger partial charge in [-0.2, -0.15) is 0 Å². The van der Waals surface area contributed by atoms with Crippen LogP contribution in [0.2, 0.25) is 25.7 Å². The van der Waals surface area contributed by atoms with Gasteiger partial charge in [0.15, 0.2) is 0 Å². The van der Waals surface area contributed by atoms with Gasteiger partial charge in [0.25, 0.3) is 5.91 Å². The Morgan fingerprint density at radius 1 is 1.16 bits per heavy atom. The molecule has 1 saturated carbocycles. The number of carbonyl (C=O) groups excluding carboxylic acids is 3. The number of rotatable bonds is 9. The Kier molecular flexibility index (Phi) is 8.42. The molecule has 0 spiro atoms. The molecule has 0 bridgehead atoms. The van der Waals surface area contributed by atoms with Gasteiger partial charge in [0.2, 0.25) is 0 Å². The third-order valence-corrected chi connectivity index (χ3v) is 8.31. The minimum Gasteiger partial charge on any atom is -0.361 e. The average molecular weight is 469 g/mol. The maximum atomic E-state index is 13.1. The van der Waals surface area contributed by atoms with Gasteiger partial charge in [-0.05, 0) is 64.8 Å². The highest BCUT2D eigenvalue weighted by Gasteiger charge is 2.53. The van der Waals surface area contributed by atoms with Crippen molar-refractivity contribution >= 4 is 26.0 Å². The number of hydrogen-bond donors (Lipinski definition) is 2. The second-order valence-corrected chi connectivity index (χ2v) is 17.5. The zero-order valence-electron chi connectivity index (χ0n) is 21.3. The van der Waals surface area contributed by atoms with Gasteiger partial charge >= 0.3 is 12.1 Å². The zero-order chi connectivity index (χ0) is 24.3. The molecule has 2 N–H and O–H groups in total. The number of nitrogens with zero attached hydrogens (tertiary/aromatic N) is 2. The fourth-order valence-corrected chi connectivity index (χ4v) is 5.08. The fourth-order valence-electron chi connectivity index (χ4n) is 4.32. The number of amides is 5. The Morgan fingerprint density at radius 3 is 2.28 bits per heavy atom. The summed E-state index contributed by atoms with van der Waals surface area (Å²) in [6.45, 7) is 17.6. The Bertz CT molecular complexity index is 697. The second kappa shape index (κ2) is 10.1. The van der Waals surface area contributed by atoms with E-state index in [1.54, 1.807) is 4.90 Å². The Morgan fingerprint density at radius 2 is 1.75 bits per heavy atom. The lowest BCUT2D eigenvalue weighted by Gasteiger charge is -2.42. The van der Waals surface area contributed by atoms with Gasteiger partial charge in [-0.25, -0.2) is 14.5 Å². The van der Waals surface area contributed by atoms with Crippen LogP contribution in [-0.4, -0.2) is 73.3 Å². The summed E-state index contributed by atoms with van der Waals surface area (Å²) in [5.41, 5.74) is -0.969. The van der Waals surface area contributed by atoms with Gasteiger partial charge < -0.3 is 20.3 Å². The molecule has 0 atom stereocenters. The van der Waals surface area contributed by atoms with Crippen molar-refractivity contribution in [3.63, 3.8) is 0 Å². The molecule has 0 aromatic rings. The normalized spacial score (nSPS) is 26.1. The molecule has 2 rings (SSSR count). The smallest absolute Gasteiger partial charge is 0.329 e. The highest BCUT2D eigenvalue weighted by atomic mass is 28.3. The fraction of sp³-hybridized carbons (Fsp3) is 0.870. The SMILES string of the molecule is CC(C)NC(=O)NC1CCC(C)(CN2C(=O)N(COCC[Si](C)(C)C)C(=O)C2(C)C)CC1. The Balaban J connectivity index is 1.93. The van der Waals surface area contributed by atoms with Crippen molar-refractivity contribution in [1.82, 2.24) is 20.4 Å². The van der Waals surface area contributed by atoms with Crippen LogP contribution in [0.4, 0.5) is 9.59 Å². The molecule has 2 aliphatic rings. The summed E-state index contributed by atoms with van der Waals surface area (Å²) in [6, 6.07) is 0.860. The molecule has 9 heteroatoms. The van der Waals surface area contributed by atoms with E-state index in [1.807, 2.05) is 27.7 Å². The summed E-state index contributed by atoms with van der Waals surface area (Å²) in [5.74, 6) is -0.195. The minimum absolute atomic E-state index is 0.0236. The molecule has 1 aliphatic heterocycles. The molecule has 5 amide bonds. The van der Waals surface area contributed by atoms with Crippen LogP contribution >= 0.6 is 0 Å². The number of nitrogens with one attached hydrogen (secondary N) is 2. The van der Waals surface area contributed by atoms with E-state index in [1.165, 1.54) is 4.90 Å². The number of carbonyl (C=O) groups is 3. The number of urea groups is 2. The molecular weight excluding hydrogens is 424 g/mol. The van der Waals surface area contributed by atoms with E-state index in [0.717, 1.165) is 31.7 Å². The van der Waals surface area contributed by atoms with Crippen molar-refractivity contribution in [3.05, 3.63) is 0 Å². The van der Waals surface area contributed by atoms with Crippen LogP contribution in [0.25, 0.3) is 0 Å². The van der Waals surface area contributed by atoms with Crippen molar-refractivity contribution < 1.29 is 19.1 Å². The summed E-state index contributed by atoms with van der Waals surface area (Å²) in [5, 5.41) is 5.92. The monoisotopic (exact) mass is 468 g/mol. The number of hydrogen-bond acceptors (Lipinski definition) is 4. The second-order valence-electron chi connectivity index (χ2n) is 11.9. The maximum absolute atomic E-state index is 13.1. The van der Waals surface area contributed by atoms with Crippen LogP contribution in [-0.2, 0) is 9.53 Å². The molecule has 0 unspecified atom stereocenters. The van der Waals surface area contributed by atoms with Crippen LogP contribution in [0.5, 0.6) is 0 Å². The van der Waals surface area contributed by atoms with E-state index in [9.17, 15) is 14.4 Å². The van der Waals surface area contributed by atoms with Gasteiger partial charge in [0, 0.05) is 33.3 Å². The summed E-state index contributed by atoms with van der Waals surface area (Å²) in [7, 11) is -1.23. The molecule has 8 nitrogen and oxygen atoms in total. The third kappa shape index (κ3) is 6.94. The van der Waals surface area contributed by atoms with E-state index >= 15 is 0 Å². The van der Waals surface area contributed by atoms with Crippen molar-refractivity contribution in [3.8, 4) is 0 Å².